The van der Waals surface area contributed by atoms with E-state index in [-0.39, 0.29) is 11.1 Å². The lowest BCUT2D eigenvalue weighted by Gasteiger charge is -2.26. The van der Waals surface area contributed by atoms with Crippen molar-refractivity contribution in [2.24, 2.45) is 0 Å². The number of nitrogens with zero attached hydrogens (tertiary/aromatic N) is 1. The van der Waals surface area contributed by atoms with E-state index >= 15 is 0 Å². The van der Waals surface area contributed by atoms with Gasteiger partial charge in [0, 0.05) is 13.1 Å². The van der Waals surface area contributed by atoms with Crippen LogP contribution in [0.3, 0.4) is 0 Å². The lowest BCUT2D eigenvalue weighted by Crippen LogP contribution is -2.26. The number of anilines is 2. The van der Waals surface area contributed by atoms with Gasteiger partial charge in [-0.15, -0.1) is 0 Å². The van der Waals surface area contributed by atoms with Gasteiger partial charge in [-0.05, 0) is 43.7 Å². The van der Waals surface area contributed by atoms with Crippen LogP contribution >= 0.6 is 0 Å². The summed E-state index contributed by atoms with van der Waals surface area (Å²) in [6.07, 6.45) is 1.98. The highest BCUT2D eigenvalue weighted by Gasteiger charge is 2.17. The molecule has 0 atom stereocenters. The molecule has 0 spiro atoms. The van der Waals surface area contributed by atoms with Crippen molar-refractivity contribution in [3.63, 3.8) is 0 Å². The predicted molar refractivity (Wildman–Crippen MR) is 101 cm³/mol. The highest BCUT2D eigenvalue weighted by atomic mass is 19.1. The molecule has 2 rings (SSSR count). The number of amides is 1. The summed E-state index contributed by atoms with van der Waals surface area (Å²) in [5.41, 5.74) is 1.05. The summed E-state index contributed by atoms with van der Waals surface area (Å²) in [5, 5.41) is 11.9. The van der Waals surface area contributed by atoms with Gasteiger partial charge in [0.05, 0.1) is 22.5 Å². The summed E-state index contributed by atoms with van der Waals surface area (Å²) in [7, 11) is 0. The van der Waals surface area contributed by atoms with Gasteiger partial charge < -0.3 is 15.3 Å². The van der Waals surface area contributed by atoms with Gasteiger partial charge in [0.1, 0.15) is 5.82 Å². The van der Waals surface area contributed by atoms with Crippen LogP contribution in [0.25, 0.3) is 0 Å². The van der Waals surface area contributed by atoms with Crippen LogP contribution in [-0.4, -0.2) is 30.1 Å². The van der Waals surface area contributed by atoms with Crippen LogP contribution < -0.4 is 10.2 Å². The molecule has 26 heavy (non-hydrogen) atoms. The monoisotopic (exact) mass is 358 g/mol. The second kappa shape index (κ2) is 8.99. The smallest absolute Gasteiger partial charge is 0.335 e. The molecule has 2 N–H and O–H groups in total. The maximum absolute atomic E-state index is 13.9. The average molecular weight is 358 g/mol. The Morgan fingerprint density at radius 1 is 1.15 bits per heavy atom. The number of carboxylic acids is 1. The van der Waals surface area contributed by atoms with Crippen molar-refractivity contribution < 1.29 is 19.1 Å². The summed E-state index contributed by atoms with van der Waals surface area (Å²) < 4.78 is 13.9. The van der Waals surface area contributed by atoms with Crippen LogP contribution in [-0.2, 0) is 0 Å². The molecule has 0 saturated heterocycles. The number of carbonyl (C=O) groups excluding carboxylic acids is 1. The molecule has 138 valence electrons. The molecule has 0 fully saturated rings. The average Bonchev–Trinajstić information content (AvgIpc) is 2.63. The Labute approximate surface area is 152 Å². The first-order valence-electron chi connectivity index (χ1n) is 8.66. The largest absolute Gasteiger partial charge is 0.478 e. The van der Waals surface area contributed by atoms with Crippen LogP contribution in [0.4, 0.5) is 15.8 Å². The first-order chi connectivity index (χ1) is 12.5. The van der Waals surface area contributed by atoms with E-state index in [0.29, 0.717) is 12.2 Å². The quantitative estimate of drug-likeness (QED) is 0.734. The lowest BCUT2D eigenvalue weighted by molar-refractivity contribution is 0.0696. The van der Waals surface area contributed by atoms with E-state index in [1.807, 2.05) is 6.92 Å². The molecule has 5 nitrogen and oxygen atoms in total. The van der Waals surface area contributed by atoms with E-state index in [9.17, 15) is 19.1 Å². The van der Waals surface area contributed by atoms with E-state index < -0.39 is 17.7 Å². The molecule has 0 aliphatic rings. The van der Waals surface area contributed by atoms with E-state index in [4.69, 9.17) is 0 Å². The molecule has 0 saturated carbocycles. The van der Waals surface area contributed by atoms with Gasteiger partial charge in [-0.3, -0.25) is 4.79 Å². The van der Waals surface area contributed by atoms with Crippen molar-refractivity contribution in [3.8, 4) is 0 Å². The third-order valence-electron chi connectivity index (χ3n) is 4.11. The Bertz CT molecular complexity index is 792. The minimum Gasteiger partial charge on any atom is -0.478 e. The number of unbranched alkanes of at least 4 members (excludes halogenated alkanes) is 1. The molecule has 0 radical (unpaired) electrons. The molecule has 0 aliphatic carbocycles. The van der Waals surface area contributed by atoms with Gasteiger partial charge in [0.2, 0.25) is 0 Å². The fourth-order valence-electron chi connectivity index (χ4n) is 2.68. The van der Waals surface area contributed by atoms with Crippen LogP contribution in [0.2, 0.25) is 0 Å². The number of carboxylic acid groups (broad SMARTS) is 1. The standard InChI is InChI=1S/C20H23FN2O3/c1-3-5-12-23(4-2)18-11-10-14(20(25)26)13-17(18)22-19(24)15-8-6-7-9-16(15)21/h6-11,13H,3-5,12H2,1-2H3,(H,22,24)(H,25,26). The van der Waals surface area contributed by atoms with Gasteiger partial charge in [0.15, 0.2) is 0 Å². The lowest BCUT2D eigenvalue weighted by atomic mass is 10.1. The van der Waals surface area contributed by atoms with Crippen molar-refractivity contribution >= 4 is 23.3 Å². The van der Waals surface area contributed by atoms with Crippen molar-refractivity contribution in [3.05, 3.63) is 59.4 Å². The van der Waals surface area contributed by atoms with E-state index in [2.05, 4.69) is 17.1 Å². The number of halogens is 1. The molecule has 1 amide bonds. The summed E-state index contributed by atoms with van der Waals surface area (Å²) in [5.74, 6) is -2.33. The Morgan fingerprint density at radius 3 is 2.50 bits per heavy atom. The van der Waals surface area contributed by atoms with E-state index in [1.54, 1.807) is 12.1 Å². The number of rotatable bonds is 8. The van der Waals surface area contributed by atoms with Crippen LogP contribution in [0.1, 0.15) is 47.4 Å². The summed E-state index contributed by atoms with van der Waals surface area (Å²) in [6.45, 7) is 5.56. The molecule has 0 bridgehead atoms. The Hall–Kier alpha value is -2.89. The van der Waals surface area contributed by atoms with Gasteiger partial charge >= 0.3 is 5.97 Å². The zero-order chi connectivity index (χ0) is 19.1. The van der Waals surface area contributed by atoms with Crippen molar-refractivity contribution in [2.45, 2.75) is 26.7 Å². The molecule has 0 aromatic heterocycles. The molecule has 0 heterocycles. The molecular weight excluding hydrogens is 335 g/mol. The maximum Gasteiger partial charge on any atom is 0.335 e. The fraction of sp³-hybridized carbons (Fsp3) is 0.300. The third kappa shape index (κ3) is 4.59. The normalized spacial score (nSPS) is 10.4. The number of hydrogen-bond donors (Lipinski definition) is 2. The predicted octanol–water partition coefficient (Wildman–Crippen LogP) is 4.40. The van der Waals surface area contributed by atoms with Crippen LogP contribution in [0.5, 0.6) is 0 Å². The zero-order valence-electron chi connectivity index (χ0n) is 15.0. The minimum absolute atomic E-state index is 0.0594. The van der Waals surface area contributed by atoms with E-state index in [1.165, 1.54) is 30.3 Å². The molecule has 2 aromatic carbocycles. The Morgan fingerprint density at radius 2 is 1.88 bits per heavy atom. The van der Waals surface area contributed by atoms with Crippen molar-refractivity contribution in [2.75, 3.05) is 23.3 Å². The van der Waals surface area contributed by atoms with Gasteiger partial charge in [-0.25, -0.2) is 9.18 Å². The number of nitrogens with one attached hydrogen (secondary N) is 1. The molecule has 2 aromatic rings. The van der Waals surface area contributed by atoms with Crippen molar-refractivity contribution in [1.82, 2.24) is 0 Å². The third-order valence-corrected chi connectivity index (χ3v) is 4.11. The second-order valence-electron chi connectivity index (χ2n) is 5.90. The first kappa shape index (κ1) is 19.4. The molecule has 0 aliphatic heterocycles. The topological polar surface area (TPSA) is 69.6 Å². The highest BCUT2D eigenvalue weighted by molar-refractivity contribution is 6.07. The highest BCUT2D eigenvalue weighted by Crippen LogP contribution is 2.28. The van der Waals surface area contributed by atoms with Crippen molar-refractivity contribution in [1.29, 1.82) is 0 Å². The number of aromatic carboxylic acids is 1. The fourth-order valence-corrected chi connectivity index (χ4v) is 2.68. The number of carbonyl (C=O) groups is 2. The maximum atomic E-state index is 13.9. The molecular formula is C20H23FN2O3. The molecule has 6 heteroatoms. The van der Waals surface area contributed by atoms with Gasteiger partial charge in [0.25, 0.3) is 5.91 Å². The van der Waals surface area contributed by atoms with E-state index in [0.717, 1.165) is 25.1 Å². The SMILES string of the molecule is CCCCN(CC)c1ccc(C(=O)O)cc1NC(=O)c1ccccc1F. The minimum atomic E-state index is -1.09. The Balaban J connectivity index is 2.39. The van der Waals surface area contributed by atoms with Crippen LogP contribution in [0.15, 0.2) is 42.5 Å². The van der Waals surface area contributed by atoms with Gasteiger partial charge in [-0.1, -0.05) is 25.5 Å². The van der Waals surface area contributed by atoms with Gasteiger partial charge in [-0.2, -0.15) is 0 Å². The zero-order valence-corrected chi connectivity index (χ0v) is 15.0. The van der Waals surface area contributed by atoms with Crippen LogP contribution in [0, 0.1) is 5.82 Å². The summed E-state index contributed by atoms with van der Waals surface area (Å²) in [6, 6.07) is 10.3. The Kier molecular flexibility index (Phi) is 6.72. The summed E-state index contributed by atoms with van der Waals surface area (Å²) in [4.78, 5) is 25.8. The summed E-state index contributed by atoms with van der Waals surface area (Å²) >= 11 is 0. The number of hydrogen-bond acceptors (Lipinski definition) is 3. The second-order valence-corrected chi connectivity index (χ2v) is 5.90. The molecule has 0 unspecified atom stereocenters. The first-order valence-corrected chi connectivity index (χ1v) is 8.66. The number of benzene rings is 2.